The second kappa shape index (κ2) is 6.85. The molecule has 4 heteroatoms. The van der Waals surface area contributed by atoms with E-state index in [1.807, 2.05) is 13.0 Å². The first kappa shape index (κ1) is 15.7. The Morgan fingerprint density at radius 2 is 1.95 bits per heavy atom. The van der Waals surface area contributed by atoms with Gasteiger partial charge in [-0.3, -0.25) is 9.67 Å². The summed E-state index contributed by atoms with van der Waals surface area (Å²) in [5.74, 6) is 0.664. The molecule has 0 unspecified atom stereocenters. The first-order valence-electron chi connectivity index (χ1n) is 7.63. The zero-order valence-electron chi connectivity index (χ0n) is 13.8. The SMILES string of the molecule is Cc1cccc(Cn2nc(C)c(CNCC(C)C)c2C)n1. The number of nitrogens with one attached hydrogen (secondary N) is 1. The van der Waals surface area contributed by atoms with Gasteiger partial charge in [0, 0.05) is 23.5 Å². The van der Waals surface area contributed by atoms with Gasteiger partial charge in [-0.25, -0.2) is 0 Å². The standard InChI is InChI=1S/C17H26N4/c1-12(2)9-18-10-17-14(4)20-21(15(17)5)11-16-8-6-7-13(3)19-16/h6-8,12,18H,9-11H2,1-5H3. The van der Waals surface area contributed by atoms with Gasteiger partial charge in [0.15, 0.2) is 0 Å². The molecule has 21 heavy (non-hydrogen) atoms. The lowest BCUT2D eigenvalue weighted by Gasteiger charge is -2.08. The van der Waals surface area contributed by atoms with Crippen LogP contribution in [0.15, 0.2) is 18.2 Å². The van der Waals surface area contributed by atoms with E-state index in [4.69, 9.17) is 0 Å². The number of pyridine rings is 1. The Balaban J connectivity index is 2.11. The quantitative estimate of drug-likeness (QED) is 0.887. The van der Waals surface area contributed by atoms with Crippen molar-refractivity contribution in [3.8, 4) is 0 Å². The van der Waals surface area contributed by atoms with Gasteiger partial charge in [0.1, 0.15) is 0 Å². The summed E-state index contributed by atoms with van der Waals surface area (Å²) in [5.41, 5.74) is 5.75. The molecule has 0 fully saturated rings. The zero-order valence-corrected chi connectivity index (χ0v) is 13.8. The van der Waals surface area contributed by atoms with Crippen LogP contribution in [-0.4, -0.2) is 21.3 Å². The van der Waals surface area contributed by atoms with Gasteiger partial charge in [-0.2, -0.15) is 5.10 Å². The molecule has 0 aliphatic rings. The predicted octanol–water partition coefficient (Wildman–Crippen LogP) is 3.00. The van der Waals surface area contributed by atoms with Crippen LogP contribution in [0.4, 0.5) is 0 Å². The predicted molar refractivity (Wildman–Crippen MR) is 86.3 cm³/mol. The van der Waals surface area contributed by atoms with Crippen LogP contribution in [0.25, 0.3) is 0 Å². The van der Waals surface area contributed by atoms with Crippen molar-refractivity contribution in [1.29, 1.82) is 0 Å². The molecule has 0 atom stereocenters. The number of hydrogen-bond donors (Lipinski definition) is 1. The van der Waals surface area contributed by atoms with Gasteiger partial charge in [0.2, 0.25) is 0 Å². The van der Waals surface area contributed by atoms with Crippen molar-refractivity contribution < 1.29 is 0 Å². The number of nitrogens with zero attached hydrogens (tertiary/aromatic N) is 3. The summed E-state index contributed by atoms with van der Waals surface area (Å²) in [6, 6.07) is 6.13. The summed E-state index contributed by atoms with van der Waals surface area (Å²) in [6.07, 6.45) is 0. The van der Waals surface area contributed by atoms with Gasteiger partial charge in [-0.15, -0.1) is 0 Å². The highest BCUT2D eigenvalue weighted by Gasteiger charge is 2.12. The normalized spacial score (nSPS) is 11.3. The number of rotatable bonds is 6. The lowest BCUT2D eigenvalue weighted by atomic mass is 10.1. The number of aromatic nitrogens is 3. The minimum Gasteiger partial charge on any atom is -0.312 e. The third-order valence-electron chi connectivity index (χ3n) is 3.64. The van der Waals surface area contributed by atoms with E-state index in [2.05, 4.69) is 59.9 Å². The summed E-state index contributed by atoms with van der Waals surface area (Å²) >= 11 is 0. The summed E-state index contributed by atoms with van der Waals surface area (Å²) in [6.45, 7) is 13.3. The highest BCUT2D eigenvalue weighted by molar-refractivity contribution is 5.25. The Labute approximate surface area is 127 Å². The Hall–Kier alpha value is -1.68. The highest BCUT2D eigenvalue weighted by atomic mass is 15.3. The van der Waals surface area contributed by atoms with E-state index >= 15 is 0 Å². The van der Waals surface area contributed by atoms with Crippen molar-refractivity contribution in [3.63, 3.8) is 0 Å². The van der Waals surface area contributed by atoms with Crippen LogP contribution < -0.4 is 5.32 Å². The van der Waals surface area contributed by atoms with Gasteiger partial charge >= 0.3 is 0 Å². The summed E-state index contributed by atoms with van der Waals surface area (Å²) < 4.78 is 2.06. The highest BCUT2D eigenvalue weighted by Crippen LogP contribution is 2.14. The largest absolute Gasteiger partial charge is 0.312 e. The van der Waals surface area contributed by atoms with Gasteiger partial charge in [-0.05, 0) is 45.4 Å². The average Bonchev–Trinajstić information content (AvgIpc) is 2.66. The van der Waals surface area contributed by atoms with E-state index in [0.717, 1.165) is 36.7 Å². The Morgan fingerprint density at radius 1 is 1.19 bits per heavy atom. The van der Waals surface area contributed by atoms with Crippen LogP contribution in [0.3, 0.4) is 0 Å². The first-order valence-corrected chi connectivity index (χ1v) is 7.63. The lowest BCUT2D eigenvalue weighted by molar-refractivity contribution is 0.550. The summed E-state index contributed by atoms with van der Waals surface area (Å²) in [5, 5.41) is 8.17. The zero-order chi connectivity index (χ0) is 15.4. The lowest BCUT2D eigenvalue weighted by Crippen LogP contribution is -2.19. The van der Waals surface area contributed by atoms with Crippen molar-refractivity contribution in [2.75, 3.05) is 6.54 Å². The molecule has 0 aliphatic carbocycles. The first-order chi connectivity index (χ1) is 9.97. The van der Waals surface area contributed by atoms with E-state index in [1.165, 1.54) is 11.3 Å². The van der Waals surface area contributed by atoms with E-state index in [1.54, 1.807) is 0 Å². The van der Waals surface area contributed by atoms with E-state index in [0.29, 0.717) is 5.92 Å². The van der Waals surface area contributed by atoms with Gasteiger partial charge in [-0.1, -0.05) is 19.9 Å². The molecule has 0 radical (unpaired) electrons. The molecule has 0 aromatic carbocycles. The number of aryl methyl sites for hydroxylation is 2. The van der Waals surface area contributed by atoms with Crippen molar-refractivity contribution in [2.45, 2.75) is 47.7 Å². The fraction of sp³-hybridized carbons (Fsp3) is 0.529. The van der Waals surface area contributed by atoms with Crippen molar-refractivity contribution in [2.24, 2.45) is 5.92 Å². The molecule has 2 rings (SSSR count). The molecule has 2 heterocycles. The van der Waals surface area contributed by atoms with Crippen LogP contribution in [-0.2, 0) is 13.1 Å². The number of hydrogen-bond acceptors (Lipinski definition) is 3. The Bertz CT molecular complexity index is 599. The van der Waals surface area contributed by atoms with Crippen LogP contribution in [0, 0.1) is 26.7 Å². The average molecular weight is 286 g/mol. The molecule has 114 valence electrons. The molecular weight excluding hydrogens is 260 g/mol. The van der Waals surface area contributed by atoms with Crippen molar-refractivity contribution in [1.82, 2.24) is 20.1 Å². The van der Waals surface area contributed by atoms with Crippen LogP contribution in [0.2, 0.25) is 0 Å². The van der Waals surface area contributed by atoms with Gasteiger partial charge in [0.05, 0.1) is 17.9 Å². The molecule has 1 N–H and O–H groups in total. The Kier molecular flexibility index (Phi) is 5.12. The maximum Gasteiger partial charge on any atom is 0.0834 e. The summed E-state index contributed by atoms with van der Waals surface area (Å²) in [4.78, 5) is 4.56. The van der Waals surface area contributed by atoms with Crippen molar-refractivity contribution >= 4 is 0 Å². The maximum absolute atomic E-state index is 4.67. The molecule has 0 amide bonds. The van der Waals surface area contributed by atoms with Crippen LogP contribution in [0.1, 0.15) is 42.2 Å². The van der Waals surface area contributed by atoms with Gasteiger partial charge in [0.25, 0.3) is 0 Å². The third-order valence-corrected chi connectivity index (χ3v) is 3.64. The van der Waals surface area contributed by atoms with Gasteiger partial charge < -0.3 is 5.32 Å². The maximum atomic E-state index is 4.67. The minimum absolute atomic E-state index is 0.664. The molecule has 2 aromatic rings. The molecule has 0 bridgehead atoms. The fourth-order valence-corrected chi connectivity index (χ4v) is 2.47. The molecular formula is C17H26N4. The topological polar surface area (TPSA) is 42.7 Å². The summed E-state index contributed by atoms with van der Waals surface area (Å²) in [7, 11) is 0. The third kappa shape index (κ3) is 4.14. The van der Waals surface area contributed by atoms with Crippen LogP contribution >= 0.6 is 0 Å². The molecule has 0 saturated heterocycles. The molecule has 2 aromatic heterocycles. The molecule has 0 spiro atoms. The molecule has 4 nitrogen and oxygen atoms in total. The van der Waals surface area contributed by atoms with E-state index in [9.17, 15) is 0 Å². The smallest absolute Gasteiger partial charge is 0.0834 e. The van der Waals surface area contributed by atoms with Crippen LogP contribution in [0.5, 0.6) is 0 Å². The molecule has 0 aliphatic heterocycles. The van der Waals surface area contributed by atoms with Crippen molar-refractivity contribution in [3.05, 3.63) is 46.5 Å². The fourth-order valence-electron chi connectivity index (χ4n) is 2.47. The monoisotopic (exact) mass is 286 g/mol. The Morgan fingerprint density at radius 3 is 2.62 bits per heavy atom. The minimum atomic E-state index is 0.664. The molecule has 0 saturated carbocycles. The van der Waals surface area contributed by atoms with E-state index < -0.39 is 0 Å². The second-order valence-corrected chi connectivity index (χ2v) is 6.10. The van der Waals surface area contributed by atoms with E-state index in [-0.39, 0.29) is 0 Å². The second-order valence-electron chi connectivity index (χ2n) is 6.10.